The molecule has 0 aliphatic heterocycles. The lowest BCUT2D eigenvalue weighted by atomic mass is 10.0. The summed E-state index contributed by atoms with van der Waals surface area (Å²) in [4.78, 5) is 10.6. The third-order valence-corrected chi connectivity index (χ3v) is 3.51. The fourth-order valence-electron chi connectivity index (χ4n) is 2.00. The Bertz CT molecular complexity index is 326. The van der Waals surface area contributed by atoms with E-state index in [4.69, 9.17) is 5.11 Å². The van der Waals surface area contributed by atoms with Crippen molar-refractivity contribution in [2.45, 2.75) is 71.6 Å². The largest absolute Gasteiger partial charge is 0.481 e. The Morgan fingerprint density at radius 3 is 2.00 bits per heavy atom. The molecule has 0 aromatic carbocycles. The van der Waals surface area contributed by atoms with E-state index in [9.17, 15) is 4.79 Å². The van der Waals surface area contributed by atoms with Crippen LogP contribution in [0.5, 0.6) is 0 Å². The van der Waals surface area contributed by atoms with Gasteiger partial charge in [-0.15, -0.1) is 0 Å². The molecule has 0 saturated heterocycles. The van der Waals surface area contributed by atoms with Gasteiger partial charge < -0.3 is 5.11 Å². The molecule has 0 saturated carbocycles. The Labute approximate surface area is 130 Å². The number of carbonyl (C=O) groups is 1. The number of hydrogen-bond donors (Lipinski definition) is 1. The zero-order valence-corrected chi connectivity index (χ0v) is 13.8. The van der Waals surface area contributed by atoms with Crippen molar-refractivity contribution < 1.29 is 9.90 Å². The van der Waals surface area contributed by atoms with Gasteiger partial charge in [-0.25, -0.2) is 0 Å². The maximum atomic E-state index is 10.6. The van der Waals surface area contributed by atoms with Crippen LogP contribution >= 0.6 is 0 Å². The third-order valence-electron chi connectivity index (χ3n) is 3.51. The van der Waals surface area contributed by atoms with Crippen LogP contribution in [-0.2, 0) is 4.79 Å². The second-order valence-corrected chi connectivity index (χ2v) is 5.61. The molecule has 1 atom stereocenters. The van der Waals surface area contributed by atoms with Gasteiger partial charge in [-0.2, -0.15) is 0 Å². The quantitative estimate of drug-likeness (QED) is 0.338. The van der Waals surface area contributed by atoms with Crippen LogP contribution in [0.3, 0.4) is 0 Å². The number of carboxylic acids is 1. The van der Waals surface area contributed by atoms with Crippen molar-refractivity contribution in [2.24, 2.45) is 5.92 Å². The molecule has 0 bridgehead atoms. The fourth-order valence-corrected chi connectivity index (χ4v) is 2.00. The van der Waals surface area contributed by atoms with Crippen LogP contribution < -0.4 is 0 Å². The van der Waals surface area contributed by atoms with E-state index in [1.165, 1.54) is 25.7 Å². The molecule has 0 radical (unpaired) electrons. The number of rotatable bonds is 13. The minimum atomic E-state index is -0.678. The number of allylic oxidation sites excluding steroid dienone is 6. The van der Waals surface area contributed by atoms with Crippen LogP contribution in [0, 0.1) is 5.92 Å². The average molecular weight is 292 g/mol. The lowest BCUT2D eigenvalue weighted by Gasteiger charge is -2.04. The van der Waals surface area contributed by atoms with E-state index >= 15 is 0 Å². The Hall–Kier alpha value is -1.31. The summed E-state index contributed by atoms with van der Waals surface area (Å²) in [7, 11) is 0. The molecular weight excluding hydrogens is 260 g/mol. The van der Waals surface area contributed by atoms with Crippen LogP contribution in [0.4, 0.5) is 0 Å². The van der Waals surface area contributed by atoms with Crippen LogP contribution in [0.25, 0.3) is 0 Å². The first-order valence-corrected chi connectivity index (χ1v) is 8.39. The highest BCUT2D eigenvalue weighted by atomic mass is 16.4. The molecule has 0 fully saturated rings. The van der Waals surface area contributed by atoms with Crippen molar-refractivity contribution in [3.05, 3.63) is 36.5 Å². The minimum absolute atomic E-state index is 0.201. The molecule has 0 amide bonds. The van der Waals surface area contributed by atoms with Crippen molar-refractivity contribution in [3.63, 3.8) is 0 Å². The van der Waals surface area contributed by atoms with Gasteiger partial charge in [0.1, 0.15) is 0 Å². The predicted molar refractivity (Wildman–Crippen MR) is 91.4 cm³/mol. The molecule has 2 heteroatoms. The topological polar surface area (TPSA) is 37.3 Å². The van der Waals surface area contributed by atoms with E-state index in [-0.39, 0.29) is 5.92 Å². The molecule has 0 aliphatic carbocycles. The zero-order valence-electron chi connectivity index (χ0n) is 13.8. The van der Waals surface area contributed by atoms with Crippen molar-refractivity contribution in [3.8, 4) is 0 Å². The molecule has 1 N–H and O–H groups in total. The molecule has 0 aromatic rings. The number of aliphatic carboxylic acids is 1. The first-order valence-electron chi connectivity index (χ1n) is 8.39. The zero-order chi connectivity index (χ0) is 15.8. The van der Waals surface area contributed by atoms with Crippen LogP contribution in [0.1, 0.15) is 71.6 Å². The first kappa shape index (κ1) is 19.7. The van der Waals surface area contributed by atoms with E-state index < -0.39 is 5.97 Å². The molecule has 0 rings (SSSR count). The van der Waals surface area contributed by atoms with E-state index in [0.29, 0.717) is 0 Å². The SMILES string of the molecule is CCCCCC=CC=CC=CCCCCCC(C)C(=O)O. The average Bonchev–Trinajstić information content (AvgIpc) is 2.47. The van der Waals surface area contributed by atoms with Crippen LogP contribution in [0.2, 0.25) is 0 Å². The summed E-state index contributed by atoms with van der Waals surface area (Å²) in [5.41, 5.74) is 0. The fraction of sp³-hybridized carbons (Fsp3) is 0.632. The maximum absolute atomic E-state index is 10.6. The molecular formula is C19H32O2. The van der Waals surface area contributed by atoms with Gasteiger partial charge in [0.25, 0.3) is 0 Å². The number of carboxylic acid groups (broad SMARTS) is 1. The highest BCUT2D eigenvalue weighted by Crippen LogP contribution is 2.10. The third kappa shape index (κ3) is 14.9. The molecule has 120 valence electrons. The summed E-state index contributed by atoms with van der Waals surface area (Å²) in [5.74, 6) is -0.879. The van der Waals surface area contributed by atoms with Crippen LogP contribution in [0.15, 0.2) is 36.5 Å². The van der Waals surface area contributed by atoms with Crippen molar-refractivity contribution in [2.75, 3.05) is 0 Å². The Balaban J connectivity index is 3.41. The van der Waals surface area contributed by atoms with Crippen molar-refractivity contribution >= 4 is 5.97 Å². The summed E-state index contributed by atoms with van der Waals surface area (Å²) >= 11 is 0. The van der Waals surface area contributed by atoms with Gasteiger partial charge in [0.15, 0.2) is 0 Å². The van der Waals surface area contributed by atoms with Gasteiger partial charge in [0.05, 0.1) is 5.92 Å². The van der Waals surface area contributed by atoms with Crippen molar-refractivity contribution in [1.29, 1.82) is 0 Å². The summed E-state index contributed by atoms with van der Waals surface area (Å²) in [5, 5.41) is 8.76. The Morgan fingerprint density at radius 2 is 1.48 bits per heavy atom. The standard InChI is InChI=1S/C19H32O2/c1-3-4-5-6-7-8-9-10-11-12-13-14-15-16-17-18(2)19(20)21/h7-12,18H,3-6,13-17H2,1-2H3,(H,20,21). The molecule has 0 aromatic heterocycles. The van der Waals surface area contributed by atoms with E-state index in [0.717, 1.165) is 32.1 Å². The highest BCUT2D eigenvalue weighted by Gasteiger charge is 2.08. The van der Waals surface area contributed by atoms with Crippen molar-refractivity contribution in [1.82, 2.24) is 0 Å². The highest BCUT2D eigenvalue weighted by molar-refractivity contribution is 5.69. The van der Waals surface area contributed by atoms with Gasteiger partial charge in [0, 0.05) is 0 Å². The van der Waals surface area contributed by atoms with Gasteiger partial charge >= 0.3 is 5.97 Å². The normalized spacial score (nSPS) is 13.6. The Morgan fingerprint density at radius 1 is 0.905 bits per heavy atom. The monoisotopic (exact) mass is 292 g/mol. The van der Waals surface area contributed by atoms with E-state index in [1.54, 1.807) is 6.92 Å². The predicted octanol–water partition coefficient (Wildman–Crippen LogP) is 5.91. The smallest absolute Gasteiger partial charge is 0.306 e. The van der Waals surface area contributed by atoms with Gasteiger partial charge in [-0.05, 0) is 32.1 Å². The maximum Gasteiger partial charge on any atom is 0.306 e. The number of hydrogen-bond acceptors (Lipinski definition) is 1. The second-order valence-electron chi connectivity index (χ2n) is 5.61. The molecule has 0 aliphatic rings. The van der Waals surface area contributed by atoms with Gasteiger partial charge in [-0.3, -0.25) is 4.79 Å². The number of unbranched alkanes of at least 4 members (excludes halogenated alkanes) is 6. The lowest BCUT2D eigenvalue weighted by molar-refractivity contribution is -0.141. The van der Waals surface area contributed by atoms with E-state index in [1.807, 2.05) is 0 Å². The molecule has 2 nitrogen and oxygen atoms in total. The molecule has 21 heavy (non-hydrogen) atoms. The lowest BCUT2D eigenvalue weighted by Crippen LogP contribution is -2.08. The molecule has 0 spiro atoms. The van der Waals surface area contributed by atoms with Gasteiger partial charge in [-0.1, -0.05) is 76.0 Å². The summed E-state index contributed by atoms with van der Waals surface area (Å²) in [6, 6.07) is 0. The minimum Gasteiger partial charge on any atom is -0.481 e. The molecule has 0 heterocycles. The van der Waals surface area contributed by atoms with E-state index in [2.05, 4.69) is 43.4 Å². The summed E-state index contributed by atoms with van der Waals surface area (Å²) in [6.45, 7) is 4.00. The summed E-state index contributed by atoms with van der Waals surface area (Å²) < 4.78 is 0. The summed E-state index contributed by atoms with van der Waals surface area (Å²) in [6.07, 6.45) is 23.0. The molecule has 1 unspecified atom stereocenters. The van der Waals surface area contributed by atoms with Crippen LogP contribution in [-0.4, -0.2) is 11.1 Å². The Kier molecular flexibility index (Phi) is 14.1. The second kappa shape index (κ2) is 15.1. The van der Waals surface area contributed by atoms with Gasteiger partial charge in [0.2, 0.25) is 0 Å². The first-order chi connectivity index (χ1) is 10.2.